The average Bonchev–Trinajstić information content (AvgIpc) is 1.56. The summed E-state index contributed by atoms with van der Waals surface area (Å²) < 4.78 is 14.2. The maximum absolute atomic E-state index is 14.7. The molecule has 0 N–H and O–H groups in total. The van der Waals surface area contributed by atoms with E-state index >= 15 is 0 Å². The highest BCUT2D eigenvalue weighted by atomic mass is 32.1. The van der Waals surface area contributed by atoms with Gasteiger partial charge in [0.2, 0.25) is 0 Å². The van der Waals surface area contributed by atoms with Crippen LogP contribution in [0, 0.1) is 13.8 Å². The fourth-order valence-electron chi connectivity index (χ4n) is 13.8. The van der Waals surface area contributed by atoms with E-state index in [4.69, 9.17) is 19.4 Å². The van der Waals surface area contributed by atoms with Gasteiger partial charge in [-0.15, -0.1) is 45.3 Å². The number of ether oxygens (including phenoxy) is 2. The van der Waals surface area contributed by atoms with Crippen molar-refractivity contribution in [3.05, 3.63) is 56.3 Å². The Morgan fingerprint density at radius 2 is 0.617 bits per heavy atom. The largest absolute Gasteiger partial charge is 0.462 e. The number of fused-ring (bicyclic) bond motifs is 3. The zero-order valence-corrected chi connectivity index (χ0v) is 65.0. The molecule has 0 saturated carbocycles. The Balaban J connectivity index is 1.09. The lowest BCUT2D eigenvalue weighted by molar-refractivity contribution is 0.0490. The van der Waals surface area contributed by atoms with Crippen molar-refractivity contribution in [3.63, 3.8) is 0 Å². The summed E-state index contributed by atoms with van der Waals surface area (Å²) in [4.78, 5) is 49.6. The van der Waals surface area contributed by atoms with Gasteiger partial charge in [-0.2, -0.15) is 0 Å². The summed E-state index contributed by atoms with van der Waals surface area (Å²) in [5.41, 5.74) is 3.98. The molecule has 0 radical (unpaired) electrons. The van der Waals surface area contributed by atoms with Gasteiger partial charge in [0.05, 0.1) is 43.5 Å². The van der Waals surface area contributed by atoms with Crippen molar-refractivity contribution in [3.8, 4) is 29.5 Å². The van der Waals surface area contributed by atoms with Gasteiger partial charge in [-0.05, 0) is 87.8 Å². The van der Waals surface area contributed by atoms with E-state index < -0.39 is 0 Å². The molecule has 1 aromatic carbocycles. The molecule has 0 saturated heterocycles. The van der Waals surface area contributed by atoms with Gasteiger partial charge >= 0.3 is 11.9 Å². The Labute approximate surface area is 595 Å². The van der Waals surface area contributed by atoms with Crippen molar-refractivity contribution in [2.45, 2.75) is 363 Å². The van der Waals surface area contributed by atoms with Crippen molar-refractivity contribution in [1.29, 1.82) is 0 Å². The van der Waals surface area contributed by atoms with Crippen LogP contribution in [0.25, 0.3) is 59.4 Å². The highest BCUT2D eigenvalue weighted by Crippen LogP contribution is 2.50. The normalized spacial score (nSPS) is 11.9. The highest BCUT2D eigenvalue weighted by Gasteiger charge is 2.29. The number of rotatable bonds is 57. The van der Waals surface area contributed by atoms with Crippen molar-refractivity contribution in [2.24, 2.45) is 0 Å². The molecule has 524 valence electrons. The number of hydrogen-bond acceptors (Lipinski definition) is 12. The van der Waals surface area contributed by atoms with Crippen LogP contribution in [0.5, 0.6) is 0 Å². The molecule has 0 aliphatic rings. The second kappa shape index (κ2) is 47.1. The Hall–Kier alpha value is -3.00. The summed E-state index contributed by atoms with van der Waals surface area (Å²) in [5, 5.41) is 3.77. The van der Waals surface area contributed by atoms with Crippen LogP contribution in [0.3, 0.4) is 0 Å². The summed E-state index contributed by atoms with van der Waals surface area (Å²) in [6, 6.07) is 9.13. The summed E-state index contributed by atoms with van der Waals surface area (Å²) in [7, 11) is 0. The molecule has 7 aromatic rings. The average molecular weight is 1400 g/mol. The molecule has 12 heteroatoms. The van der Waals surface area contributed by atoms with Crippen LogP contribution in [-0.4, -0.2) is 35.1 Å². The molecule has 0 atom stereocenters. The number of thiophene rings is 4. The first-order valence-corrected chi connectivity index (χ1v) is 44.0. The standard InChI is InChI=1S/C82H126N2O4S6/c1-7-11-15-19-23-27-31-35-39-43-47-51-55-65-59-63(5)89-73(65)77-83-79-80(93-77)84-78(94-79)74-66(56-52-48-44-40-36-32-28-24-20-16-12-8-2)61-69(91-74)70-62-68-72(82(86)88-58-54-50-46-42-38-34-30-26-22-18-14-10-4)75-67(60-64(6)90-75)71(76(68)92-70)81(85)87-57-53-49-45-41-37-33-29-25-21-17-13-9-3/h59-62H,7-58H2,1-6H3. The molecule has 0 fully saturated rings. The van der Waals surface area contributed by atoms with Gasteiger partial charge in [0.1, 0.15) is 10.0 Å². The van der Waals surface area contributed by atoms with Gasteiger partial charge in [-0.25, -0.2) is 19.6 Å². The van der Waals surface area contributed by atoms with E-state index in [2.05, 4.69) is 65.8 Å². The van der Waals surface area contributed by atoms with Crippen molar-refractivity contribution < 1.29 is 19.1 Å². The summed E-state index contributed by atoms with van der Waals surface area (Å²) in [5.74, 6) is -0.576. The smallest absolute Gasteiger partial charge is 0.340 e. The minimum atomic E-state index is -0.288. The third-order valence-electron chi connectivity index (χ3n) is 19.4. The number of thiazole rings is 2. The van der Waals surface area contributed by atoms with Crippen LogP contribution >= 0.6 is 68.0 Å². The Morgan fingerprint density at radius 1 is 0.319 bits per heavy atom. The van der Waals surface area contributed by atoms with Crippen molar-refractivity contribution in [1.82, 2.24) is 9.97 Å². The topological polar surface area (TPSA) is 78.4 Å². The molecule has 6 nitrogen and oxygen atoms in total. The number of carbonyl (C=O) groups excluding carboxylic acids is 2. The van der Waals surface area contributed by atoms with Gasteiger partial charge in [0.15, 0.2) is 9.66 Å². The molecule has 0 aliphatic carbocycles. The minimum absolute atomic E-state index is 0.288. The van der Waals surface area contributed by atoms with Crippen LogP contribution in [0.4, 0.5) is 0 Å². The lowest BCUT2D eigenvalue weighted by atomic mass is 10.0. The number of esters is 2. The number of nitrogens with zero attached hydrogens (tertiary/aromatic N) is 2. The Bertz CT molecular complexity index is 3040. The summed E-state index contributed by atoms with van der Waals surface area (Å²) >= 11 is 10.5. The minimum Gasteiger partial charge on any atom is -0.462 e. The molecule has 0 amide bonds. The zero-order valence-electron chi connectivity index (χ0n) is 60.1. The number of aryl methyl sites for hydroxylation is 4. The number of aromatic nitrogens is 2. The fourth-order valence-corrected chi connectivity index (χ4v) is 20.7. The number of unbranched alkanes of at least 4 members (excludes halogenated alkanes) is 44. The van der Waals surface area contributed by atoms with Crippen LogP contribution in [-0.2, 0) is 22.3 Å². The second-order valence-electron chi connectivity index (χ2n) is 27.9. The van der Waals surface area contributed by atoms with E-state index in [1.54, 1.807) is 45.3 Å². The zero-order chi connectivity index (χ0) is 66.2. The van der Waals surface area contributed by atoms with Crippen LogP contribution in [0.1, 0.15) is 377 Å². The van der Waals surface area contributed by atoms with E-state index in [9.17, 15) is 9.59 Å². The predicted molar refractivity (Wildman–Crippen MR) is 420 cm³/mol. The fraction of sp³-hybridized carbons (Fsp3) is 0.707. The molecule has 0 bridgehead atoms. The Morgan fingerprint density at radius 3 is 1.00 bits per heavy atom. The van der Waals surface area contributed by atoms with E-state index in [0.717, 1.165) is 99.4 Å². The van der Waals surface area contributed by atoms with Crippen LogP contribution in [0.15, 0.2) is 24.3 Å². The van der Waals surface area contributed by atoms with E-state index in [0.29, 0.717) is 24.3 Å². The van der Waals surface area contributed by atoms with Gasteiger partial charge in [0.25, 0.3) is 0 Å². The van der Waals surface area contributed by atoms with Crippen LogP contribution < -0.4 is 0 Å². The molecular formula is C82H126N2O4S6. The molecule has 0 aliphatic heterocycles. The molecule has 6 aromatic heterocycles. The van der Waals surface area contributed by atoms with Gasteiger partial charge in [0, 0.05) is 30.3 Å². The van der Waals surface area contributed by atoms with E-state index in [-0.39, 0.29) is 11.9 Å². The third-order valence-corrected chi connectivity index (χ3v) is 26.4. The molecule has 6 heterocycles. The molecule has 94 heavy (non-hydrogen) atoms. The quantitative estimate of drug-likeness (QED) is 0.0279. The first-order valence-electron chi connectivity index (χ1n) is 39.1. The number of hydrogen-bond donors (Lipinski definition) is 0. The molecular weight excluding hydrogens is 1270 g/mol. The van der Waals surface area contributed by atoms with Gasteiger partial charge in [-0.1, -0.05) is 333 Å². The maximum Gasteiger partial charge on any atom is 0.340 e. The highest BCUT2D eigenvalue weighted by molar-refractivity contribution is 7.33. The predicted octanol–water partition coefficient (Wildman–Crippen LogP) is 30.1. The first kappa shape index (κ1) is 78.3. The molecule has 0 spiro atoms. The number of carbonyl (C=O) groups is 2. The second-order valence-corrected chi connectivity index (χ2v) is 34.4. The van der Waals surface area contributed by atoms with E-state index in [1.165, 1.54) is 302 Å². The third kappa shape index (κ3) is 27.3. The summed E-state index contributed by atoms with van der Waals surface area (Å²) in [6.45, 7) is 14.3. The van der Waals surface area contributed by atoms with Crippen molar-refractivity contribution >= 4 is 110 Å². The van der Waals surface area contributed by atoms with Gasteiger partial charge in [-0.3, -0.25) is 0 Å². The number of benzene rings is 1. The lowest BCUT2D eigenvalue weighted by Gasteiger charge is -2.11. The van der Waals surface area contributed by atoms with E-state index in [1.807, 2.05) is 22.7 Å². The molecule has 7 rings (SSSR count). The van der Waals surface area contributed by atoms with Crippen molar-refractivity contribution in [2.75, 3.05) is 13.2 Å². The lowest BCUT2D eigenvalue weighted by Crippen LogP contribution is -2.11. The maximum atomic E-state index is 14.7. The summed E-state index contributed by atoms with van der Waals surface area (Å²) in [6.07, 6.45) is 64.5. The van der Waals surface area contributed by atoms with Crippen LogP contribution in [0.2, 0.25) is 0 Å². The Kier molecular flexibility index (Phi) is 39.3. The monoisotopic (exact) mass is 1390 g/mol. The first-order chi connectivity index (χ1) is 46.2. The SMILES string of the molecule is CCCCCCCCCCCCCCOC(=O)c1c2cc(-c3cc(CCCCCCCCCCCCCC)c(-c4nc5sc(-c6sc(C)cc6CCCCCCCCCCCCCC)nc5s4)s3)sc2c(C(=O)OCCCCCCCCCCCCCC)c2cc(C)sc12. The van der Waals surface area contributed by atoms with Gasteiger partial charge < -0.3 is 9.47 Å². The molecule has 0 unspecified atom stereocenters.